The van der Waals surface area contributed by atoms with Gasteiger partial charge in [0, 0.05) is 33.0 Å². The summed E-state index contributed by atoms with van der Waals surface area (Å²) in [5.74, 6) is -5.48. The highest BCUT2D eigenvalue weighted by Gasteiger charge is 2.44. The number of piperidine rings is 2. The lowest BCUT2D eigenvalue weighted by atomic mass is 9.93. The van der Waals surface area contributed by atoms with E-state index in [4.69, 9.17) is 5.11 Å². The van der Waals surface area contributed by atoms with E-state index in [-0.39, 0.29) is 37.8 Å². The normalized spacial score (nSPS) is 18.4. The summed E-state index contributed by atoms with van der Waals surface area (Å²) >= 11 is 0. The molecule has 0 aromatic carbocycles. The highest BCUT2D eigenvalue weighted by atomic mass is 16.4. The minimum atomic E-state index is -1.56. The number of hydrogen-bond acceptors (Lipinski definition) is 9. The maximum absolute atomic E-state index is 13.9. The first-order valence-corrected chi connectivity index (χ1v) is 19.0. The topological polar surface area (TPSA) is 253 Å². The molecule has 0 spiro atoms. The van der Waals surface area contributed by atoms with Crippen molar-refractivity contribution in [2.45, 2.75) is 148 Å². The number of carbonyl (C=O) groups excluding carboxylic acids is 8. The van der Waals surface area contributed by atoms with Gasteiger partial charge in [-0.15, -0.1) is 0 Å². The van der Waals surface area contributed by atoms with Crippen molar-refractivity contribution in [3.8, 4) is 0 Å². The van der Waals surface area contributed by atoms with E-state index in [2.05, 4.69) is 31.9 Å². The third-order valence-corrected chi connectivity index (χ3v) is 9.66. The van der Waals surface area contributed by atoms with E-state index < -0.39 is 88.6 Å². The highest BCUT2D eigenvalue weighted by molar-refractivity contribution is 6.00. The Morgan fingerprint density at radius 1 is 0.691 bits per heavy atom. The maximum Gasteiger partial charge on any atom is 0.322 e. The molecule has 7 N–H and O–H groups in total. The van der Waals surface area contributed by atoms with Crippen LogP contribution in [0.25, 0.3) is 0 Å². The minimum absolute atomic E-state index is 0.0242. The summed E-state index contributed by atoms with van der Waals surface area (Å²) in [4.78, 5) is 119. The van der Waals surface area contributed by atoms with E-state index in [9.17, 15) is 43.2 Å². The number of carboxylic acid groups (broad SMARTS) is 1. The molecule has 3 atom stereocenters. The van der Waals surface area contributed by atoms with E-state index in [1.165, 1.54) is 44.4 Å². The van der Waals surface area contributed by atoms with Crippen LogP contribution in [-0.2, 0) is 43.2 Å². The average molecular weight is 779 g/mol. The number of nitrogens with zero attached hydrogens (tertiary/aromatic N) is 2. The molecule has 0 bridgehead atoms. The van der Waals surface area contributed by atoms with E-state index in [0.29, 0.717) is 32.2 Å². The van der Waals surface area contributed by atoms with Crippen molar-refractivity contribution in [1.29, 1.82) is 0 Å². The summed E-state index contributed by atoms with van der Waals surface area (Å²) in [5, 5.41) is 24.3. The maximum atomic E-state index is 13.9. The lowest BCUT2D eigenvalue weighted by Gasteiger charge is -2.42. The summed E-state index contributed by atoms with van der Waals surface area (Å²) in [6.07, 6.45) is 3.70. The molecule has 2 saturated heterocycles. The second-order valence-electron chi connectivity index (χ2n) is 16.4. The van der Waals surface area contributed by atoms with Crippen LogP contribution in [0.15, 0.2) is 0 Å². The predicted molar refractivity (Wildman–Crippen MR) is 201 cm³/mol. The number of nitrogens with one attached hydrogen (secondary N) is 6. The van der Waals surface area contributed by atoms with Gasteiger partial charge < -0.3 is 46.8 Å². The fraction of sp³-hybridized carbons (Fsp3) is 0.757. The number of hydrogen-bond donors (Lipinski definition) is 7. The van der Waals surface area contributed by atoms with Crippen LogP contribution >= 0.6 is 0 Å². The molecule has 2 rings (SSSR count). The number of carbonyl (C=O) groups is 9. The zero-order valence-electron chi connectivity index (χ0n) is 33.8. The molecule has 55 heavy (non-hydrogen) atoms. The van der Waals surface area contributed by atoms with Gasteiger partial charge >= 0.3 is 5.97 Å². The summed E-state index contributed by atoms with van der Waals surface area (Å²) in [7, 11) is 0. The zero-order chi connectivity index (χ0) is 41.9. The van der Waals surface area contributed by atoms with Crippen LogP contribution in [0, 0.1) is 5.92 Å². The molecule has 0 aromatic rings. The number of aliphatic carboxylic acids is 1. The average Bonchev–Trinajstić information content (AvgIpc) is 3.09. The van der Waals surface area contributed by atoms with Crippen LogP contribution in [-0.4, -0.2) is 129 Å². The van der Waals surface area contributed by atoms with Crippen molar-refractivity contribution < 1.29 is 48.3 Å². The van der Waals surface area contributed by atoms with Crippen LogP contribution in [0.3, 0.4) is 0 Å². The molecular formula is C37H62N8O10. The molecule has 8 amide bonds. The van der Waals surface area contributed by atoms with Crippen LogP contribution in [0.2, 0.25) is 0 Å². The summed E-state index contributed by atoms with van der Waals surface area (Å²) in [6, 6.07) is -2.65. The van der Waals surface area contributed by atoms with Crippen molar-refractivity contribution >= 4 is 53.2 Å². The Morgan fingerprint density at radius 2 is 1.20 bits per heavy atom. The van der Waals surface area contributed by atoms with Crippen LogP contribution < -0.4 is 31.9 Å². The molecule has 0 unspecified atom stereocenters. The number of amides is 8. The fourth-order valence-electron chi connectivity index (χ4n) is 6.50. The molecule has 2 heterocycles. The van der Waals surface area contributed by atoms with E-state index in [1.54, 1.807) is 13.8 Å². The first-order valence-electron chi connectivity index (χ1n) is 19.0. The first kappa shape index (κ1) is 46.4. The Hall–Kier alpha value is -4.77. The SMILES string of the molecule is CC(=O)N1CCCC[C@H]1C(=O)NC(C)(C)C(=O)N1CCCC[C@H]1C(=O)NC(C)(C)C(=O)NC(C)(C)C(=O)N[C@@H](CC(C)C)C(=O)NCCC(=O)NCC(=O)O. The first-order chi connectivity index (χ1) is 25.4. The van der Waals surface area contributed by atoms with Gasteiger partial charge in [-0.3, -0.25) is 43.2 Å². The van der Waals surface area contributed by atoms with Gasteiger partial charge in [0.1, 0.15) is 41.3 Å². The number of rotatable bonds is 17. The smallest absolute Gasteiger partial charge is 0.322 e. The molecule has 2 aliphatic heterocycles. The van der Waals surface area contributed by atoms with Gasteiger partial charge in [0.2, 0.25) is 47.3 Å². The molecule has 0 saturated carbocycles. The van der Waals surface area contributed by atoms with Gasteiger partial charge in [0.15, 0.2) is 0 Å². The Labute approximate surface area is 323 Å². The third kappa shape index (κ3) is 13.8. The van der Waals surface area contributed by atoms with Gasteiger partial charge in [0.05, 0.1) is 0 Å². The number of carboxylic acids is 1. The summed E-state index contributed by atoms with van der Waals surface area (Å²) in [6.45, 7) is 14.1. The Balaban J connectivity index is 2.08. The minimum Gasteiger partial charge on any atom is -0.480 e. The Morgan fingerprint density at radius 3 is 1.73 bits per heavy atom. The van der Waals surface area contributed by atoms with E-state index in [1.807, 2.05) is 13.8 Å². The largest absolute Gasteiger partial charge is 0.480 e. The quantitative estimate of drug-likeness (QED) is 0.101. The molecule has 310 valence electrons. The lowest BCUT2D eigenvalue weighted by Crippen LogP contribution is -2.67. The Bertz CT molecular complexity index is 1480. The third-order valence-electron chi connectivity index (χ3n) is 9.66. The van der Waals surface area contributed by atoms with Crippen molar-refractivity contribution in [1.82, 2.24) is 41.7 Å². The highest BCUT2D eigenvalue weighted by Crippen LogP contribution is 2.24. The summed E-state index contributed by atoms with van der Waals surface area (Å²) in [5.41, 5.74) is -4.52. The van der Waals surface area contributed by atoms with Gasteiger partial charge in [-0.2, -0.15) is 0 Å². The molecule has 0 aliphatic carbocycles. The monoisotopic (exact) mass is 778 g/mol. The molecule has 0 aromatic heterocycles. The van der Waals surface area contributed by atoms with Gasteiger partial charge in [-0.25, -0.2) is 0 Å². The second kappa shape index (κ2) is 19.7. The van der Waals surface area contributed by atoms with E-state index >= 15 is 0 Å². The van der Waals surface area contributed by atoms with Gasteiger partial charge in [-0.1, -0.05) is 13.8 Å². The van der Waals surface area contributed by atoms with Crippen LogP contribution in [0.1, 0.15) is 114 Å². The number of likely N-dealkylation sites (tertiary alicyclic amines) is 2. The molecule has 18 heteroatoms. The lowest BCUT2D eigenvalue weighted by molar-refractivity contribution is -0.150. The van der Waals surface area contributed by atoms with Crippen molar-refractivity contribution in [3.63, 3.8) is 0 Å². The van der Waals surface area contributed by atoms with Gasteiger partial charge in [-0.05, 0) is 92.4 Å². The van der Waals surface area contributed by atoms with Gasteiger partial charge in [0.25, 0.3) is 0 Å². The van der Waals surface area contributed by atoms with Crippen LogP contribution in [0.5, 0.6) is 0 Å². The Kier molecular flexibility index (Phi) is 16.6. The van der Waals surface area contributed by atoms with Crippen LogP contribution in [0.4, 0.5) is 0 Å². The van der Waals surface area contributed by atoms with E-state index in [0.717, 1.165) is 12.8 Å². The molecule has 0 radical (unpaired) electrons. The molecule has 2 aliphatic rings. The molecule has 2 fully saturated rings. The predicted octanol–water partition coefficient (Wildman–Crippen LogP) is -0.309. The standard InChI is InChI=1S/C37H62N8O10/c1-22(2)20-24(29(50)38-17-16-27(47)39-21-28(48)49)40-32(53)35(4,5)43-33(54)36(6,7)41-31(52)26-15-11-13-19-45(26)34(55)37(8,9)42-30(51)25-14-10-12-18-44(25)23(3)46/h22,24-26H,10-21H2,1-9H3,(H,38,50)(H,39,47)(H,40,53)(H,41,52)(H,42,51)(H,43,54)(H,48,49)/t24-,25-,26-/m0/s1. The second-order valence-corrected chi connectivity index (χ2v) is 16.4. The summed E-state index contributed by atoms with van der Waals surface area (Å²) < 4.78 is 0. The van der Waals surface area contributed by atoms with Crippen molar-refractivity contribution in [2.24, 2.45) is 5.92 Å². The zero-order valence-corrected chi connectivity index (χ0v) is 33.8. The molecular weight excluding hydrogens is 716 g/mol. The fourth-order valence-corrected chi connectivity index (χ4v) is 6.50. The van der Waals surface area contributed by atoms with Crippen molar-refractivity contribution in [2.75, 3.05) is 26.2 Å². The van der Waals surface area contributed by atoms with Crippen molar-refractivity contribution in [3.05, 3.63) is 0 Å². The molecule has 18 nitrogen and oxygen atoms in total.